The first kappa shape index (κ1) is 25.4. The van der Waals surface area contributed by atoms with Crippen molar-refractivity contribution in [3.8, 4) is 5.75 Å². The molecule has 2 heterocycles. The maximum absolute atomic E-state index is 14.0. The number of nitrogens with zero attached hydrogens (tertiary/aromatic N) is 2. The van der Waals surface area contributed by atoms with Crippen LogP contribution in [0.4, 0.5) is 13.6 Å². The van der Waals surface area contributed by atoms with Gasteiger partial charge in [0.1, 0.15) is 29.5 Å². The van der Waals surface area contributed by atoms with E-state index in [-0.39, 0.29) is 30.2 Å². The van der Waals surface area contributed by atoms with Crippen LogP contribution in [0.1, 0.15) is 60.9 Å². The standard InChI is InChI=1S/C26H30F2N4O4/c1-14-11-21(35-13-16-17(27)7-6-8-18(16)28)23-29-15(2)22(32(23)12-14)24(33)30-19-9-10-20(19)31-25(34)36-26(3,4)5/h6-8,11-12,19-20H,9-10,13H2,1-5H3,(H,30,33)(H,31,34). The second-order valence-corrected chi connectivity index (χ2v) is 10.0. The fraction of sp³-hybridized carbons (Fsp3) is 0.423. The first-order valence-electron chi connectivity index (χ1n) is 11.8. The van der Waals surface area contributed by atoms with Crippen LogP contribution in [0.3, 0.4) is 0 Å². The van der Waals surface area contributed by atoms with Crippen molar-refractivity contribution in [2.24, 2.45) is 0 Å². The molecule has 2 N–H and O–H groups in total. The lowest BCUT2D eigenvalue weighted by Gasteiger charge is -2.37. The molecule has 192 valence electrons. The Morgan fingerprint density at radius 1 is 1.11 bits per heavy atom. The van der Waals surface area contributed by atoms with Crippen LogP contribution in [-0.2, 0) is 11.3 Å². The molecule has 0 bridgehead atoms. The number of carbonyl (C=O) groups excluding carboxylic acids is 2. The average Bonchev–Trinajstić information content (AvgIpc) is 3.09. The molecule has 2 amide bonds. The number of halogens is 2. The first-order chi connectivity index (χ1) is 16.9. The summed E-state index contributed by atoms with van der Waals surface area (Å²) in [7, 11) is 0. The number of aromatic nitrogens is 2. The van der Waals surface area contributed by atoms with Crippen molar-refractivity contribution in [2.75, 3.05) is 0 Å². The van der Waals surface area contributed by atoms with Gasteiger partial charge in [-0.15, -0.1) is 0 Å². The Hall–Kier alpha value is -3.69. The van der Waals surface area contributed by atoms with E-state index >= 15 is 0 Å². The maximum Gasteiger partial charge on any atom is 0.407 e. The van der Waals surface area contributed by atoms with Crippen LogP contribution in [-0.4, -0.2) is 39.1 Å². The van der Waals surface area contributed by atoms with E-state index in [0.717, 1.165) is 12.0 Å². The van der Waals surface area contributed by atoms with Crippen LogP contribution >= 0.6 is 0 Å². The zero-order chi connectivity index (χ0) is 26.2. The molecule has 1 saturated carbocycles. The molecule has 1 aromatic carbocycles. The number of alkyl carbamates (subject to hydrolysis) is 1. The van der Waals surface area contributed by atoms with E-state index in [0.29, 0.717) is 29.2 Å². The quantitative estimate of drug-likeness (QED) is 0.516. The highest BCUT2D eigenvalue weighted by molar-refractivity contribution is 5.95. The van der Waals surface area contributed by atoms with Crippen molar-refractivity contribution in [2.45, 2.75) is 71.8 Å². The highest BCUT2D eigenvalue weighted by atomic mass is 19.1. The van der Waals surface area contributed by atoms with Crippen LogP contribution in [0.2, 0.25) is 0 Å². The third-order valence-corrected chi connectivity index (χ3v) is 5.94. The molecule has 0 radical (unpaired) electrons. The van der Waals surface area contributed by atoms with E-state index < -0.39 is 23.3 Å². The zero-order valence-corrected chi connectivity index (χ0v) is 20.9. The Bertz CT molecular complexity index is 1300. The fourth-order valence-electron chi connectivity index (χ4n) is 4.10. The van der Waals surface area contributed by atoms with Gasteiger partial charge in [-0.25, -0.2) is 18.6 Å². The molecule has 1 aliphatic carbocycles. The summed E-state index contributed by atoms with van der Waals surface area (Å²) in [5.74, 6) is -1.45. The van der Waals surface area contributed by atoms with E-state index in [2.05, 4.69) is 15.6 Å². The van der Waals surface area contributed by atoms with Gasteiger partial charge in [0.2, 0.25) is 0 Å². The number of amides is 2. The topological polar surface area (TPSA) is 94.0 Å². The molecule has 2 aromatic heterocycles. The van der Waals surface area contributed by atoms with Crippen molar-refractivity contribution in [1.29, 1.82) is 0 Å². The van der Waals surface area contributed by atoms with Gasteiger partial charge in [0.25, 0.3) is 5.91 Å². The Labute approximate surface area is 208 Å². The van der Waals surface area contributed by atoms with Crippen molar-refractivity contribution in [3.63, 3.8) is 0 Å². The second-order valence-electron chi connectivity index (χ2n) is 10.0. The largest absolute Gasteiger partial charge is 0.485 e. The Morgan fingerprint density at radius 3 is 2.36 bits per heavy atom. The lowest BCUT2D eigenvalue weighted by atomic mass is 9.86. The SMILES string of the molecule is Cc1cc(OCc2c(F)cccc2F)c2nc(C)c(C(=O)NC3CCC3NC(=O)OC(C)(C)C)n2c1. The van der Waals surface area contributed by atoms with E-state index in [1.165, 1.54) is 18.2 Å². The van der Waals surface area contributed by atoms with E-state index in [4.69, 9.17) is 9.47 Å². The summed E-state index contributed by atoms with van der Waals surface area (Å²) in [4.78, 5) is 29.8. The Kier molecular flexibility index (Phi) is 6.88. The predicted octanol–water partition coefficient (Wildman–Crippen LogP) is 4.59. The molecule has 0 aliphatic heterocycles. The van der Waals surface area contributed by atoms with Crippen LogP contribution in [0.15, 0.2) is 30.5 Å². The molecule has 8 nitrogen and oxygen atoms in total. The number of pyridine rings is 1. The Balaban J connectivity index is 1.52. The molecule has 2 unspecified atom stereocenters. The van der Waals surface area contributed by atoms with Gasteiger partial charge in [-0.2, -0.15) is 0 Å². The molecule has 10 heteroatoms. The molecule has 0 saturated heterocycles. The highest BCUT2D eigenvalue weighted by Crippen LogP contribution is 2.27. The number of rotatable bonds is 6. The van der Waals surface area contributed by atoms with Crippen molar-refractivity contribution >= 4 is 17.6 Å². The van der Waals surface area contributed by atoms with Crippen LogP contribution in [0, 0.1) is 25.5 Å². The zero-order valence-electron chi connectivity index (χ0n) is 20.9. The van der Waals surface area contributed by atoms with Gasteiger partial charge in [-0.05, 0) is 71.2 Å². The van der Waals surface area contributed by atoms with Crippen molar-refractivity contribution < 1.29 is 27.8 Å². The molecular weight excluding hydrogens is 470 g/mol. The smallest absolute Gasteiger partial charge is 0.407 e. The van der Waals surface area contributed by atoms with E-state index in [9.17, 15) is 18.4 Å². The molecule has 0 spiro atoms. The normalized spacial score (nSPS) is 17.4. The highest BCUT2D eigenvalue weighted by Gasteiger charge is 2.35. The van der Waals surface area contributed by atoms with Gasteiger partial charge in [-0.3, -0.25) is 9.20 Å². The summed E-state index contributed by atoms with van der Waals surface area (Å²) in [5, 5.41) is 5.78. The number of fused-ring (bicyclic) bond motifs is 1. The summed E-state index contributed by atoms with van der Waals surface area (Å²) in [5.41, 5.74) is 1.11. The maximum atomic E-state index is 14.0. The number of carbonyl (C=O) groups is 2. The number of hydrogen-bond acceptors (Lipinski definition) is 5. The first-order valence-corrected chi connectivity index (χ1v) is 11.8. The third kappa shape index (κ3) is 5.42. The molecular formula is C26H30F2N4O4. The van der Waals surface area contributed by atoms with Gasteiger partial charge >= 0.3 is 6.09 Å². The molecule has 4 rings (SSSR count). The summed E-state index contributed by atoms with van der Waals surface area (Å²) in [6.07, 6.45) is 2.66. The van der Waals surface area contributed by atoms with Gasteiger partial charge < -0.3 is 20.1 Å². The number of nitrogens with one attached hydrogen (secondary N) is 2. The predicted molar refractivity (Wildman–Crippen MR) is 129 cm³/mol. The Morgan fingerprint density at radius 2 is 1.75 bits per heavy atom. The number of hydrogen-bond donors (Lipinski definition) is 2. The van der Waals surface area contributed by atoms with Gasteiger partial charge in [-0.1, -0.05) is 6.07 Å². The van der Waals surface area contributed by atoms with Crippen molar-refractivity contribution in [3.05, 3.63) is 64.6 Å². The molecule has 3 aromatic rings. The van der Waals surface area contributed by atoms with Crippen molar-refractivity contribution in [1.82, 2.24) is 20.0 Å². The van der Waals surface area contributed by atoms with Gasteiger partial charge in [0.15, 0.2) is 11.4 Å². The number of benzene rings is 1. The molecule has 2 atom stereocenters. The summed E-state index contributed by atoms with van der Waals surface area (Å²) in [6, 6.07) is 4.84. The van der Waals surface area contributed by atoms with E-state index in [1.54, 1.807) is 44.4 Å². The second kappa shape index (κ2) is 9.75. The summed E-state index contributed by atoms with van der Waals surface area (Å²) >= 11 is 0. The minimum Gasteiger partial charge on any atom is -0.485 e. The lowest BCUT2D eigenvalue weighted by molar-refractivity contribution is 0.0449. The van der Waals surface area contributed by atoms with Gasteiger partial charge in [0, 0.05) is 12.2 Å². The minimum absolute atomic E-state index is 0.188. The lowest BCUT2D eigenvalue weighted by Crippen LogP contribution is -2.58. The average molecular weight is 501 g/mol. The van der Waals surface area contributed by atoms with Crippen LogP contribution < -0.4 is 15.4 Å². The van der Waals surface area contributed by atoms with Gasteiger partial charge in [0.05, 0.1) is 17.3 Å². The monoisotopic (exact) mass is 500 g/mol. The number of aryl methyl sites for hydroxylation is 2. The molecule has 1 fully saturated rings. The molecule has 1 aliphatic rings. The van der Waals surface area contributed by atoms with E-state index in [1.807, 2.05) is 6.92 Å². The number of imidazole rings is 1. The third-order valence-electron chi connectivity index (χ3n) is 5.94. The number of ether oxygens (including phenoxy) is 2. The molecule has 36 heavy (non-hydrogen) atoms. The van der Waals surface area contributed by atoms with Crippen LogP contribution in [0.25, 0.3) is 5.65 Å². The fourth-order valence-corrected chi connectivity index (χ4v) is 4.10. The summed E-state index contributed by atoms with van der Waals surface area (Å²) < 4.78 is 40.8. The minimum atomic E-state index is -0.701. The summed E-state index contributed by atoms with van der Waals surface area (Å²) in [6.45, 7) is 8.55. The van der Waals surface area contributed by atoms with Crippen LogP contribution in [0.5, 0.6) is 5.75 Å².